The number of hydrazine groups is 1. The van der Waals surface area contributed by atoms with E-state index in [1.807, 2.05) is 10.3 Å². The van der Waals surface area contributed by atoms with Crippen molar-refractivity contribution in [1.29, 1.82) is 0 Å². The Morgan fingerprint density at radius 3 is 2.44 bits per heavy atom. The maximum absolute atomic E-state index is 11.8. The van der Waals surface area contributed by atoms with Gasteiger partial charge < -0.3 is 5.32 Å². The fraction of sp³-hybridized carbons (Fsp3) is 0.375. The van der Waals surface area contributed by atoms with E-state index in [9.17, 15) is 13.2 Å². The number of halogens is 2. The van der Waals surface area contributed by atoms with Crippen LogP contribution in [-0.4, -0.2) is 20.5 Å². The lowest BCUT2D eigenvalue weighted by atomic mass is 10.4. The van der Waals surface area contributed by atoms with Gasteiger partial charge in [0.1, 0.15) is 9.23 Å². The number of urea groups is 1. The van der Waals surface area contributed by atoms with Gasteiger partial charge >= 0.3 is 6.03 Å². The van der Waals surface area contributed by atoms with Crippen LogP contribution in [-0.2, 0) is 10.0 Å². The number of amides is 2. The number of carbonyl (C=O) groups is 1. The van der Waals surface area contributed by atoms with Gasteiger partial charge in [0.2, 0.25) is 0 Å². The molecule has 0 saturated carbocycles. The summed E-state index contributed by atoms with van der Waals surface area (Å²) in [5.41, 5.74) is 2.00. The van der Waals surface area contributed by atoms with Gasteiger partial charge in [-0.3, -0.25) is 5.43 Å². The highest BCUT2D eigenvalue weighted by atomic mass is 35.5. The first-order valence-corrected chi connectivity index (χ1v) is 7.81. The molecule has 1 aromatic heterocycles. The van der Waals surface area contributed by atoms with Crippen molar-refractivity contribution in [3.8, 4) is 0 Å². The number of thiophene rings is 1. The van der Waals surface area contributed by atoms with Crippen molar-refractivity contribution >= 4 is 50.6 Å². The Balaban J connectivity index is 2.72. The number of hydrogen-bond donors (Lipinski definition) is 3. The molecule has 0 aliphatic rings. The molecule has 0 aliphatic heterocycles. The molecule has 6 nitrogen and oxygen atoms in total. The summed E-state index contributed by atoms with van der Waals surface area (Å²) in [5, 5.41) is 2.45. The summed E-state index contributed by atoms with van der Waals surface area (Å²) in [4.78, 5) is 12.9. The van der Waals surface area contributed by atoms with Gasteiger partial charge in [-0.2, -0.15) is 0 Å². The molecule has 18 heavy (non-hydrogen) atoms. The second-order valence-electron chi connectivity index (χ2n) is 3.55. The second kappa shape index (κ2) is 6.07. The molecule has 1 rings (SSSR count). The largest absolute Gasteiger partial charge is 0.335 e. The smallest absolute Gasteiger partial charge is 0.330 e. The van der Waals surface area contributed by atoms with Crippen molar-refractivity contribution in [2.75, 3.05) is 0 Å². The highest BCUT2D eigenvalue weighted by molar-refractivity contribution is 7.89. The maximum Gasteiger partial charge on any atom is 0.330 e. The summed E-state index contributed by atoms with van der Waals surface area (Å²) in [6.07, 6.45) is 0. The molecule has 0 unspecified atom stereocenters. The van der Waals surface area contributed by atoms with Crippen molar-refractivity contribution in [2.45, 2.75) is 24.8 Å². The SMILES string of the molecule is CC(C)NC(=O)NNS(=O)(=O)c1cc(Cl)sc1Cl. The molecule has 0 spiro atoms. The summed E-state index contributed by atoms with van der Waals surface area (Å²) >= 11 is 12.3. The number of sulfonamides is 1. The predicted octanol–water partition coefficient (Wildman–Crippen LogP) is 1.96. The van der Waals surface area contributed by atoms with E-state index in [-0.39, 0.29) is 19.6 Å². The number of hydrogen-bond acceptors (Lipinski definition) is 4. The molecule has 0 aromatic carbocycles. The molecule has 0 fully saturated rings. The second-order valence-corrected chi connectivity index (χ2v) is 7.48. The quantitative estimate of drug-likeness (QED) is 0.737. The Kier molecular flexibility index (Phi) is 5.23. The van der Waals surface area contributed by atoms with Gasteiger partial charge in [0, 0.05) is 6.04 Å². The van der Waals surface area contributed by atoms with E-state index in [1.54, 1.807) is 13.8 Å². The van der Waals surface area contributed by atoms with E-state index < -0.39 is 16.1 Å². The third kappa shape index (κ3) is 4.29. The van der Waals surface area contributed by atoms with Gasteiger partial charge in [-0.05, 0) is 19.9 Å². The Labute approximate surface area is 119 Å². The third-order valence-corrected chi connectivity index (χ3v) is 4.63. The minimum atomic E-state index is -3.93. The van der Waals surface area contributed by atoms with Gasteiger partial charge in [-0.25, -0.2) is 13.2 Å². The normalized spacial score (nSPS) is 11.6. The van der Waals surface area contributed by atoms with Crippen LogP contribution >= 0.6 is 34.5 Å². The van der Waals surface area contributed by atoms with E-state index in [2.05, 4.69) is 5.32 Å². The van der Waals surface area contributed by atoms with Crippen LogP contribution in [0, 0.1) is 0 Å². The average molecular weight is 332 g/mol. The van der Waals surface area contributed by atoms with E-state index >= 15 is 0 Å². The van der Waals surface area contributed by atoms with Crippen molar-refractivity contribution in [1.82, 2.24) is 15.6 Å². The molecule has 2 amide bonds. The van der Waals surface area contributed by atoms with Crippen LogP contribution in [0.1, 0.15) is 13.8 Å². The lowest BCUT2D eigenvalue weighted by Gasteiger charge is -2.10. The van der Waals surface area contributed by atoms with Crippen LogP contribution < -0.4 is 15.6 Å². The number of nitrogens with one attached hydrogen (secondary N) is 3. The fourth-order valence-corrected chi connectivity index (χ4v) is 3.97. The molecule has 102 valence electrons. The first kappa shape index (κ1) is 15.5. The summed E-state index contributed by atoms with van der Waals surface area (Å²) in [6.45, 7) is 3.48. The minimum absolute atomic E-state index is 0.0265. The monoisotopic (exact) mass is 331 g/mol. The van der Waals surface area contributed by atoms with E-state index in [0.717, 1.165) is 11.3 Å². The summed E-state index contributed by atoms with van der Waals surface area (Å²) in [7, 11) is -3.93. The Morgan fingerprint density at radius 1 is 1.39 bits per heavy atom. The van der Waals surface area contributed by atoms with Crippen molar-refractivity contribution < 1.29 is 13.2 Å². The zero-order valence-corrected chi connectivity index (χ0v) is 12.6. The Bertz CT molecular complexity index is 542. The molecule has 1 aromatic rings. The topological polar surface area (TPSA) is 87.3 Å². The van der Waals surface area contributed by atoms with Crippen LogP contribution in [0.15, 0.2) is 11.0 Å². The zero-order valence-electron chi connectivity index (χ0n) is 9.45. The van der Waals surface area contributed by atoms with E-state index in [4.69, 9.17) is 23.2 Å². The van der Waals surface area contributed by atoms with Gasteiger partial charge in [0.15, 0.2) is 0 Å². The molecule has 3 N–H and O–H groups in total. The first-order chi connectivity index (χ1) is 8.22. The van der Waals surface area contributed by atoms with Crippen LogP contribution in [0.5, 0.6) is 0 Å². The Hall–Kier alpha value is -0.540. The van der Waals surface area contributed by atoms with Crippen LogP contribution in [0.25, 0.3) is 0 Å². The number of carbonyl (C=O) groups excluding carboxylic acids is 1. The van der Waals surface area contributed by atoms with E-state index in [1.165, 1.54) is 6.07 Å². The zero-order chi connectivity index (χ0) is 13.9. The van der Waals surface area contributed by atoms with Crippen molar-refractivity contribution in [3.63, 3.8) is 0 Å². The molecule has 0 bridgehead atoms. The van der Waals surface area contributed by atoms with E-state index in [0.29, 0.717) is 0 Å². The van der Waals surface area contributed by atoms with Crippen molar-refractivity contribution in [2.24, 2.45) is 0 Å². The molecular weight excluding hydrogens is 321 g/mol. The fourth-order valence-electron chi connectivity index (χ4n) is 0.975. The Morgan fingerprint density at radius 2 is 2.00 bits per heavy atom. The first-order valence-electron chi connectivity index (χ1n) is 4.75. The van der Waals surface area contributed by atoms with Crippen molar-refractivity contribution in [3.05, 3.63) is 14.7 Å². The summed E-state index contributed by atoms with van der Waals surface area (Å²) in [5.74, 6) is 0. The van der Waals surface area contributed by atoms with Gasteiger partial charge in [0.25, 0.3) is 10.0 Å². The van der Waals surface area contributed by atoms with Gasteiger partial charge in [-0.1, -0.05) is 23.2 Å². The molecule has 10 heteroatoms. The number of rotatable bonds is 4. The lowest BCUT2D eigenvalue weighted by molar-refractivity contribution is 0.237. The highest BCUT2D eigenvalue weighted by Crippen LogP contribution is 2.33. The summed E-state index contributed by atoms with van der Waals surface area (Å²) in [6, 6.07) is 0.429. The third-order valence-electron chi connectivity index (χ3n) is 1.63. The lowest BCUT2D eigenvalue weighted by Crippen LogP contribution is -2.48. The minimum Gasteiger partial charge on any atom is -0.335 e. The van der Waals surface area contributed by atoms with Gasteiger partial charge in [0.05, 0.1) is 4.34 Å². The standard InChI is InChI=1S/C8H11Cl2N3O3S2/c1-4(2)11-8(14)12-13-18(15,16)5-3-6(9)17-7(5)10/h3-4,13H,1-2H3,(H2,11,12,14). The molecule has 1 heterocycles. The molecule has 0 atom stereocenters. The summed E-state index contributed by atoms with van der Waals surface area (Å²) < 4.78 is 23.8. The maximum atomic E-state index is 11.8. The molecular formula is C8H11Cl2N3O3S2. The van der Waals surface area contributed by atoms with Crippen LogP contribution in [0.4, 0.5) is 4.79 Å². The van der Waals surface area contributed by atoms with Gasteiger partial charge in [-0.15, -0.1) is 16.2 Å². The van der Waals surface area contributed by atoms with Crippen LogP contribution in [0.2, 0.25) is 8.67 Å². The molecule has 0 saturated heterocycles. The average Bonchev–Trinajstić information content (AvgIpc) is 2.55. The predicted molar refractivity (Wildman–Crippen MR) is 71.5 cm³/mol. The highest BCUT2D eigenvalue weighted by Gasteiger charge is 2.21. The van der Waals surface area contributed by atoms with Crippen LogP contribution in [0.3, 0.4) is 0 Å². The molecule has 0 radical (unpaired) electrons. The molecule has 0 aliphatic carbocycles.